The van der Waals surface area contributed by atoms with Crippen molar-refractivity contribution in [2.24, 2.45) is 0 Å². The Hall–Kier alpha value is -2.60. The summed E-state index contributed by atoms with van der Waals surface area (Å²) >= 11 is 0. The van der Waals surface area contributed by atoms with Crippen molar-refractivity contribution in [2.75, 3.05) is 52.5 Å². The number of nitrogens with one attached hydrogen (secondary N) is 2. The van der Waals surface area contributed by atoms with Crippen molar-refractivity contribution in [1.29, 1.82) is 0 Å². The number of ether oxygens (including phenoxy) is 4. The van der Waals surface area contributed by atoms with E-state index < -0.39 is 23.4 Å². The maximum atomic E-state index is 12.2. The van der Waals surface area contributed by atoms with Crippen molar-refractivity contribution < 1.29 is 38.1 Å². The van der Waals surface area contributed by atoms with Crippen LogP contribution in [0.25, 0.3) is 0 Å². The SMILES string of the molecule is C[C@@H]1CN(CCC(=O)OCCCCNC(=O)OC(C)(C)C)[C@@H](C)CN1CCC(=O)OCCCCNC(=O)OC(C)(C)C. The van der Waals surface area contributed by atoms with Gasteiger partial charge in [-0.15, -0.1) is 0 Å². The summed E-state index contributed by atoms with van der Waals surface area (Å²) in [6.45, 7) is 19.6. The van der Waals surface area contributed by atoms with Crippen molar-refractivity contribution >= 4 is 24.1 Å². The van der Waals surface area contributed by atoms with Gasteiger partial charge in [-0.2, -0.15) is 0 Å². The second-order valence-electron chi connectivity index (χ2n) is 12.9. The van der Waals surface area contributed by atoms with Gasteiger partial charge in [0.25, 0.3) is 0 Å². The average Bonchev–Trinajstić information content (AvgIpc) is 2.85. The van der Waals surface area contributed by atoms with E-state index in [-0.39, 0.29) is 24.0 Å². The predicted molar refractivity (Wildman–Crippen MR) is 160 cm³/mol. The molecule has 2 amide bonds. The van der Waals surface area contributed by atoms with Crippen molar-refractivity contribution in [2.45, 2.75) is 117 Å². The first-order valence-corrected chi connectivity index (χ1v) is 15.3. The predicted octanol–water partition coefficient (Wildman–Crippen LogP) is 3.86. The summed E-state index contributed by atoms with van der Waals surface area (Å²) in [5.41, 5.74) is -1.05. The fraction of sp³-hybridized carbons (Fsp3) is 0.867. The molecule has 0 unspecified atom stereocenters. The Kier molecular flexibility index (Phi) is 16.8. The summed E-state index contributed by atoms with van der Waals surface area (Å²) in [4.78, 5) is 52.2. The van der Waals surface area contributed by atoms with Gasteiger partial charge >= 0.3 is 24.1 Å². The molecular formula is C30H56N4O8. The Morgan fingerprint density at radius 3 is 1.33 bits per heavy atom. The molecule has 0 aliphatic carbocycles. The van der Waals surface area contributed by atoms with E-state index in [1.54, 1.807) is 0 Å². The van der Waals surface area contributed by atoms with Crippen molar-refractivity contribution in [3.63, 3.8) is 0 Å². The van der Waals surface area contributed by atoms with Gasteiger partial charge in [-0.3, -0.25) is 19.4 Å². The molecule has 1 aliphatic rings. The van der Waals surface area contributed by atoms with E-state index in [2.05, 4.69) is 34.3 Å². The van der Waals surface area contributed by atoms with E-state index in [9.17, 15) is 19.2 Å². The number of rotatable bonds is 16. The summed E-state index contributed by atoms with van der Waals surface area (Å²) < 4.78 is 21.1. The minimum atomic E-state index is -0.526. The summed E-state index contributed by atoms with van der Waals surface area (Å²) in [5.74, 6) is -0.443. The number of alkyl carbamates (subject to hydrolysis) is 2. The zero-order valence-electron chi connectivity index (χ0n) is 27.2. The largest absolute Gasteiger partial charge is 0.466 e. The van der Waals surface area contributed by atoms with Gasteiger partial charge in [0.2, 0.25) is 0 Å². The monoisotopic (exact) mass is 600 g/mol. The van der Waals surface area contributed by atoms with Crippen LogP contribution in [0.4, 0.5) is 9.59 Å². The molecule has 0 bridgehead atoms. The van der Waals surface area contributed by atoms with Crippen LogP contribution in [0.3, 0.4) is 0 Å². The molecule has 244 valence electrons. The van der Waals surface area contributed by atoms with Gasteiger partial charge in [0.15, 0.2) is 0 Å². The lowest BCUT2D eigenvalue weighted by Gasteiger charge is -2.44. The van der Waals surface area contributed by atoms with Gasteiger partial charge in [-0.05, 0) is 81.1 Å². The number of carbonyl (C=O) groups excluding carboxylic acids is 4. The standard InChI is InChI=1S/C30H56N4O8/c1-23-21-34(18-14-26(36)40-20-12-10-16-32-28(38)42-30(6,7)8)24(2)22-33(23)17-13-25(35)39-19-11-9-15-31-27(37)41-29(3,4)5/h23-24H,9-22H2,1-8H3,(H,31,37)(H,32,38)/t23-,24+. The lowest BCUT2D eigenvalue weighted by molar-refractivity contribution is -0.146. The Balaban J connectivity index is 2.14. The van der Waals surface area contributed by atoms with Gasteiger partial charge in [0.05, 0.1) is 26.1 Å². The highest BCUT2D eigenvalue weighted by Gasteiger charge is 2.29. The molecule has 1 aliphatic heterocycles. The van der Waals surface area contributed by atoms with Crippen molar-refractivity contribution in [3.8, 4) is 0 Å². The number of carbonyl (C=O) groups is 4. The molecule has 0 aromatic heterocycles. The zero-order valence-corrected chi connectivity index (χ0v) is 27.2. The summed E-state index contributed by atoms with van der Waals surface area (Å²) in [6.07, 6.45) is 2.50. The van der Waals surface area contributed by atoms with Gasteiger partial charge in [-0.25, -0.2) is 9.59 Å². The Morgan fingerprint density at radius 2 is 1.00 bits per heavy atom. The maximum absolute atomic E-state index is 12.2. The number of unbranched alkanes of at least 4 members (excludes halogenated alkanes) is 2. The average molecular weight is 601 g/mol. The highest BCUT2D eigenvalue weighted by atomic mass is 16.6. The van der Waals surface area contributed by atoms with E-state index in [1.165, 1.54) is 0 Å². The fourth-order valence-corrected chi connectivity index (χ4v) is 4.34. The summed E-state index contributed by atoms with van der Waals surface area (Å²) in [6, 6.07) is 0.503. The Labute approximate surface area is 252 Å². The molecule has 0 aromatic rings. The highest BCUT2D eigenvalue weighted by molar-refractivity contribution is 5.70. The molecule has 2 atom stereocenters. The van der Waals surface area contributed by atoms with Crippen molar-refractivity contribution in [1.82, 2.24) is 20.4 Å². The smallest absolute Gasteiger partial charge is 0.407 e. The van der Waals surface area contributed by atoms with E-state index in [0.29, 0.717) is 77.9 Å². The van der Waals surface area contributed by atoms with Crippen LogP contribution in [-0.2, 0) is 28.5 Å². The fourth-order valence-electron chi connectivity index (χ4n) is 4.34. The third-order valence-corrected chi connectivity index (χ3v) is 6.46. The molecule has 2 N–H and O–H groups in total. The normalized spacial score (nSPS) is 18.2. The van der Waals surface area contributed by atoms with Crippen LogP contribution in [0.15, 0.2) is 0 Å². The second-order valence-corrected chi connectivity index (χ2v) is 12.9. The molecule has 1 rings (SSSR count). The van der Waals surface area contributed by atoms with Gasteiger partial charge in [0.1, 0.15) is 11.2 Å². The maximum Gasteiger partial charge on any atom is 0.407 e. The third-order valence-electron chi connectivity index (χ3n) is 6.46. The van der Waals surface area contributed by atoms with E-state index >= 15 is 0 Å². The summed E-state index contributed by atoms with van der Waals surface area (Å²) in [7, 11) is 0. The van der Waals surface area contributed by atoms with E-state index in [4.69, 9.17) is 18.9 Å². The number of hydrogen-bond acceptors (Lipinski definition) is 10. The third kappa shape index (κ3) is 18.8. The summed E-state index contributed by atoms with van der Waals surface area (Å²) in [5, 5.41) is 5.39. The number of nitrogens with zero attached hydrogens (tertiary/aromatic N) is 2. The molecule has 0 saturated carbocycles. The van der Waals surface area contributed by atoms with E-state index in [0.717, 1.165) is 13.1 Å². The van der Waals surface area contributed by atoms with Crippen LogP contribution >= 0.6 is 0 Å². The molecule has 0 spiro atoms. The molecule has 0 radical (unpaired) electrons. The first-order valence-electron chi connectivity index (χ1n) is 15.3. The van der Waals surface area contributed by atoms with Crippen LogP contribution in [0, 0.1) is 0 Å². The van der Waals surface area contributed by atoms with Gasteiger partial charge in [-0.1, -0.05) is 0 Å². The molecule has 12 nitrogen and oxygen atoms in total. The number of piperazine rings is 1. The molecule has 42 heavy (non-hydrogen) atoms. The number of hydrogen-bond donors (Lipinski definition) is 2. The lowest BCUT2D eigenvalue weighted by atomic mass is 10.1. The molecule has 0 aromatic carbocycles. The van der Waals surface area contributed by atoms with Crippen LogP contribution in [0.5, 0.6) is 0 Å². The molecule has 1 saturated heterocycles. The topological polar surface area (TPSA) is 136 Å². The van der Waals surface area contributed by atoms with Crippen molar-refractivity contribution in [3.05, 3.63) is 0 Å². The van der Waals surface area contributed by atoms with Gasteiger partial charge < -0.3 is 29.6 Å². The Bertz CT molecular complexity index is 772. The molecule has 12 heteroatoms. The minimum Gasteiger partial charge on any atom is -0.466 e. The highest BCUT2D eigenvalue weighted by Crippen LogP contribution is 2.16. The first kappa shape index (κ1) is 37.4. The molecular weight excluding hydrogens is 544 g/mol. The number of esters is 2. The van der Waals surface area contributed by atoms with Crippen LogP contribution in [-0.4, -0.2) is 110 Å². The van der Waals surface area contributed by atoms with Crippen LogP contribution < -0.4 is 10.6 Å². The van der Waals surface area contributed by atoms with E-state index in [1.807, 2.05) is 41.5 Å². The van der Waals surface area contributed by atoms with Gasteiger partial charge in [0, 0.05) is 51.4 Å². The molecule has 1 fully saturated rings. The van der Waals surface area contributed by atoms with Crippen LogP contribution in [0.1, 0.15) is 93.9 Å². The molecule has 1 heterocycles. The first-order chi connectivity index (χ1) is 19.6. The second kappa shape index (κ2) is 18.8. The number of amides is 2. The quantitative estimate of drug-likeness (QED) is 0.153. The zero-order chi connectivity index (χ0) is 31.8. The minimum absolute atomic E-state index is 0.222. The van der Waals surface area contributed by atoms with Crippen LogP contribution in [0.2, 0.25) is 0 Å². The lowest BCUT2D eigenvalue weighted by Crippen LogP contribution is -2.56. The Morgan fingerprint density at radius 1 is 0.643 bits per heavy atom.